The van der Waals surface area contributed by atoms with Crippen molar-refractivity contribution in [3.8, 4) is 0 Å². The first-order valence-corrected chi connectivity index (χ1v) is 13.7. The second-order valence-corrected chi connectivity index (χ2v) is 9.32. The molecule has 0 aromatic rings. The Kier molecular flexibility index (Phi) is 25.6. The van der Waals surface area contributed by atoms with Crippen LogP contribution in [0.3, 0.4) is 0 Å². The monoisotopic (exact) mass is 416 g/mol. The molecular weight excluding hydrogens is 360 g/mol. The molecule has 0 amide bonds. The molecule has 0 unspecified atom stereocenters. The molecule has 0 bridgehead atoms. The van der Waals surface area contributed by atoms with Gasteiger partial charge in [0.1, 0.15) is 0 Å². The van der Waals surface area contributed by atoms with Gasteiger partial charge in [-0.1, -0.05) is 114 Å². The summed E-state index contributed by atoms with van der Waals surface area (Å²) in [7, 11) is 0. The highest BCUT2D eigenvalue weighted by Gasteiger charge is 2.00. The molecule has 0 spiro atoms. The van der Waals surface area contributed by atoms with Crippen LogP contribution in [-0.2, 0) is 0 Å². The fourth-order valence-electron chi connectivity index (χ4n) is 4.26. The minimum Gasteiger partial charge on any atom is -0.103 e. The Bertz CT molecular complexity index is 375. The van der Waals surface area contributed by atoms with E-state index in [4.69, 9.17) is 0 Å². The zero-order chi connectivity index (χ0) is 22.0. The van der Waals surface area contributed by atoms with E-state index in [0.717, 1.165) is 0 Å². The second-order valence-electron chi connectivity index (χ2n) is 9.32. The largest absolute Gasteiger partial charge is 0.103 e. The molecule has 0 rings (SSSR count). The van der Waals surface area contributed by atoms with Crippen LogP contribution in [0.2, 0.25) is 0 Å². The van der Waals surface area contributed by atoms with Crippen molar-refractivity contribution >= 4 is 0 Å². The van der Waals surface area contributed by atoms with E-state index in [1.807, 2.05) is 0 Å². The van der Waals surface area contributed by atoms with Gasteiger partial charge in [0.05, 0.1) is 0 Å². The third kappa shape index (κ3) is 23.5. The molecule has 0 aliphatic rings. The minimum absolute atomic E-state index is 1.19. The van der Waals surface area contributed by atoms with Crippen LogP contribution in [0.25, 0.3) is 0 Å². The summed E-state index contributed by atoms with van der Waals surface area (Å²) in [5, 5.41) is 0. The molecule has 0 atom stereocenters. The Labute approximate surface area is 191 Å². The first-order valence-electron chi connectivity index (χ1n) is 13.7. The first kappa shape index (κ1) is 29.2. The summed E-state index contributed by atoms with van der Waals surface area (Å²) < 4.78 is 0. The van der Waals surface area contributed by atoms with Gasteiger partial charge in [0.2, 0.25) is 0 Å². The average molecular weight is 417 g/mol. The summed E-state index contributed by atoms with van der Waals surface area (Å²) in [5.74, 6) is 0. The van der Waals surface area contributed by atoms with Gasteiger partial charge in [0, 0.05) is 0 Å². The van der Waals surface area contributed by atoms with Gasteiger partial charge >= 0.3 is 0 Å². The number of allylic oxidation sites excluding steroid dienone is 4. The van der Waals surface area contributed by atoms with Crippen molar-refractivity contribution in [3.05, 3.63) is 37.0 Å². The fraction of sp³-hybridized carbons (Fsp3) is 0.800. The standard InChI is InChI=1S/C30H56/c1-4-7-10-13-16-18-20-23-26-29-30(27-24-21-15-12-9-6-3)28-25-22-19-17-14-11-8-5-2/h5-6,29H,2-4,7-28H2,1H3. The van der Waals surface area contributed by atoms with Crippen molar-refractivity contribution in [2.45, 2.75) is 155 Å². The zero-order valence-electron chi connectivity index (χ0n) is 20.9. The van der Waals surface area contributed by atoms with E-state index in [1.54, 1.807) is 5.57 Å². The quantitative estimate of drug-likeness (QED) is 0.102. The van der Waals surface area contributed by atoms with Gasteiger partial charge < -0.3 is 0 Å². The van der Waals surface area contributed by atoms with E-state index in [-0.39, 0.29) is 0 Å². The van der Waals surface area contributed by atoms with Crippen LogP contribution >= 0.6 is 0 Å². The minimum atomic E-state index is 1.19. The fourth-order valence-corrected chi connectivity index (χ4v) is 4.26. The predicted molar refractivity (Wildman–Crippen MR) is 140 cm³/mol. The molecular formula is C30H56. The lowest BCUT2D eigenvalue weighted by atomic mass is 9.98. The van der Waals surface area contributed by atoms with Gasteiger partial charge in [0.25, 0.3) is 0 Å². The summed E-state index contributed by atoms with van der Waals surface area (Å²) in [6.45, 7) is 9.95. The van der Waals surface area contributed by atoms with Gasteiger partial charge in [-0.2, -0.15) is 0 Å². The number of hydrogen-bond acceptors (Lipinski definition) is 0. The van der Waals surface area contributed by atoms with E-state index < -0.39 is 0 Å². The average Bonchev–Trinajstić information content (AvgIpc) is 2.76. The van der Waals surface area contributed by atoms with Crippen LogP contribution in [0.15, 0.2) is 37.0 Å². The molecule has 0 aliphatic carbocycles. The topological polar surface area (TPSA) is 0 Å². The molecule has 0 heteroatoms. The molecule has 0 aliphatic heterocycles. The van der Waals surface area contributed by atoms with E-state index in [9.17, 15) is 0 Å². The van der Waals surface area contributed by atoms with Crippen molar-refractivity contribution in [2.24, 2.45) is 0 Å². The molecule has 0 nitrogen and oxygen atoms in total. The molecule has 0 radical (unpaired) electrons. The molecule has 0 saturated heterocycles. The Morgan fingerprint density at radius 2 is 0.833 bits per heavy atom. The van der Waals surface area contributed by atoms with Crippen molar-refractivity contribution < 1.29 is 0 Å². The summed E-state index contributed by atoms with van der Waals surface area (Å²) in [6, 6.07) is 0. The third-order valence-electron chi connectivity index (χ3n) is 6.30. The highest BCUT2D eigenvalue weighted by atomic mass is 14.1. The maximum atomic E-state index is 3.84. The molecule has 0 fully saturated rings. The summed E-state index contributed by atoms with van der Waals surface area (Å²) >= 11 is 0. The van der Waals surface area contributed by atoms with E-state index in [2.05, 4.69) is 38.3 Å². The summed E-state index contributed by atoms with van der Waals surface area (Å²) in [5.41, 5.74) is 1.77. The molecule has 0 aromatic carbocycles. The lowest BCUT2D eigenvalue weighted by Crippen LogP contribution is -1.89. The maximum absolute atomic E-state index is 3.84. The van der Waals surface area contributed by atoms with Gasteiger partial charge in [-0.3, -0.25) is 0 Å². The predicted octanol–water partition coefficient (Wildman–Crippen LogP) is 11.3. The van der Waals surface area contributed by atoms with E-state index >= 15 is 0 Å². The van der Waals surface area contributed by atoms with Crippen LogP contribution in [0, 0.1) is 0 Å². The molecule has 176 valence electrons. The maximum Gasteiger partial charge on any atom is -0.0320 e. The van der Waals surface area contributed by atoms with Crippen molar-refractivity contribution in [3.63, 3.8) is 0 Å². The van der Waals surface area contributed by atoms with Crippen molar-refractivity contribution in [1.29, 1.82) is 0 Å². The van der Waals surface area contributed by atoms with Crippen LogP contribution in [0.5, 0.6) is 0 Å². The molecule has 0 saturated carbocycles. The van der Waals surface area contributed by atoms with Crippen LogP contribution < -0.4 is 0 Å². The van der Waals surface area contributed by atoms with Crippen LogP contribution in [-0.4, -0.2) is 0 Å². The molecule has 0 aromatic heterocycles. The smallest absolute Gasteiger partial charge is 0.0320 e. The third-order valence-corrected chi connectivity index (χ3v) is 6.30. The van der Waals surface area contributed by atoms with Gasteiger partial charge in [-0.25, -0.2) is 0 Å². The van der Waals surface area contributed by atoms with Crippen LogP contribution in [0.4, 0.5) is 0 Å². The number of rotatable bonds is 25. The molecule has 0 N–H and O–H groups in total. The van der Waals surface area contributed by atoms with Crippen molar-refractivity contribution in [1.82, 2.24) is 0 Å². The normalized spacial score (nSPS) is 11.7. The van der Waals surface area contributed by atoms with Gasteiger partial charge in [-0.15, -0.1) is 13.2 Å². The lowest BCUT2D eigenvalue weighted by molar-refractivity contribution is 0.573. The number of unbranched alkanes of at least 4 members (excludes halogenated alkanes) is 18. The summed E-state index contributed by atoms with van der Waals surface area (Å²) in [4.78, 5) is 0. The van der Waals surface area contributed by atoms with Crippen molar-refractivity contribution in [2.75, 3.05) is 0 Å². The molecule has 30 heavy (non-hydrogen) atoms. The highest BCUT2D eigenvalue weighted by Crippen LogP contribution is 2.20. The molecule has 0 heterocycles. The highest BCUT2D eigenvalue weighted by molar-refractivity contribution is 5.02. The van der Waals surface area contributed by atoms with E-state index in [0.29, 0.717) is 0 Å². The SMILES string of the molecule is C=CCCCCCCCCC(=CCCCCCCCCCC)CCCCCCC=C. The Balaban J connectivity index is 3.94. The zero-order valence-corrected chi connectivity index (χ0v) is 20.9. The first-order chi connectivity index (χ1) is 14.8. The Hall–Kier alpha value is -0.780. The Morgan fingerprint density at radius 3 is 1.27 bits per heavy atom. The van der Waals surface area contributed by atoms with Gasteiger partial charge in [-0.05, 0) is 64.2 Å². The van der Waals surface area contributed by atoms with Gasteiger partial charge in [0.15, 0.2) is 0 Å². The van der Waals surface area contributed by atoms with Crippen LogP contribution in [0.1, 0.15) is 155 Å². The number of hydrogen-bond donors (Lipinski definition) is 0. The summed E-state index contributed by atoms with van der Waals surface area (Å²) in [6.07, 6.45) is 38.4. The second kappa shape index (κ2) is 26.3. The van der Waals surface area contributed by atoms with E-state index in [1.165, 1.54) is 148 Å². The Morgan fingerprint density at radius 1 is 0.467 bits per heavy atom. The lowest BCUT2D eigenvalue weighted by Gasteiger charge is -2.09.